The van der Waals surface area contributed by atoms with E-state index in [2.05, 4.69) is 40.0 Å². The van der Waals surface area contributed by atoms with Crippen LogP contribution in [0.15, 0.2) is 54.9 Å². The van der Waals surface area contributed by atoms with Gasteiger partial charge in [0, 0.05) is 30.8 Å². The second-order valence-electron chi connectivity index (χ2n) is 7.22. The fraction of sp³-hybridized carbons (Fsp3) is 0.304. The zero-order valence-corrected chi connectivity index (χ0v) is 16.6. The number of halogens is 1. The molecule has 3 aromatic rings. The number of hydrogen-bond acceptors (Lipinski definition) is 5. The van der Waals surface area contributed by atoms with Gasteiger partial charge in [-0.1, -0.05) is 24.3 Å². The van der Waals surface area contributed by atoms with E-state index in [1.807, 2.05) is 0 Å². The summed E-state index contributed by atoms with van der Waals surface area (Å²) in [7, 11) is 1.70. The summed E-state index contributed by atoms with van der Waals surface area (Å²) in [5, 5.41) is 0. The number of methoxy groups -OCH3 is 1. The summed E-state index contributed by atoms with van der Waals surface area (Å²) in [4.78, 5) is 11.2. The lowest BCUT2D eigenvalue weighted by molar-refractivity contribution is -0.0352. The van der Waals surface area contributed by atoms with Gasteiger partial charge in [0.05, 0.1) is 37.5 Å². The highest BCUT2D eigenvalue weighted by Gasteiger charge is 2.24. The minimum Gasteiger partial charge on any atom is -0.496 e. The molecular formula is C23H24FN3O2. The van der Waals surface area contributed by atoms with Crippen LogP contribution < -0.4 is 4.74 Å². The molecular weight excluding hydrogens is 369 g/mol. The predicted molar refractivity (Wildman–Crippen MR) is 109 cm³/mol. The number of hydrogen-bond donors (Lipinski definition) is 0. The maximum absolute atomic E-state index is 14.1. The summed E-state index contributed by atoms with van der Waals surface area (Å²) >= 11 is 0. The predicted octanol–water partition coefficient (Wildman–Crippen LogP) is 4.17. The van der Waals surface area contributed by atoms with E-state index < -0.39 is 0 Å². The second-order valence-corrected chi connectivity index (χ2v) is 7.22. The Hall–Kier alpha value is -2.83. The van der Waals surface area contributed by atoms with E-state index in [-0.39, 0.29) is 11.9 Å². The summed E-state index contributed by atoms with van der Waals surface area (Å²) in [5.74, 6) is 0.589. The third kappa shape index (κ3) is 4.44. The van der Waals surface area contributed by atoms with Crippen molar-refractivity contribution in [3.05, 3.63) is 77.5 Å². The van der Waals surface area contributed by atoms with E-state index in [0.717, 1.165) is 24.4 Å². The Labute approximate surface area is 170 Å². The van der Waals surface area contributed by atoms with Crippen LogP contribution in [0.5, 0.6) is 5.75 Å². The van der Waals surface area contributed by atoms with Crippen molar-refractivity contribution < 1.29 is 13.9 Å². The largest absolute Gasteiger partial charge is 0.496 e. The van der Waals surface area contributed by atoms with Crippen LogP contribution in [0.4, 0.5) is 4.39 Å². The summed E-state index contributed by atoms with van der Waals surface area (Å²) in [6.07, 6.45) is 3.07. The van der Waals surface area contributed by atoms with Gasteiger partial charge in [0.15, 0.2) is 0 Å². The molecule has 0 bridgehead atoms. The van der Waals surface area contributed by atoms with E-state index in [0.29, 0.717) is 30.1 Å². The van der Waals surface area contributed by atoms with Crippen molar-refractivity contribution in [2.24, 2.45) is 0 Å². The summed E-state index contributed by atoms with van der Waals surface area (Å²) in [6.45, 7) is 4.94. The maximum atomic E-state index is 14.1. The molecule has 6 heteroatoms. The van der Waals surface area contributed by atoms with Crippen LogP contribution in [0.1, 0.15) is 22.9 Å². The maximum Gasteiger partial charge on any atom is 0.132 e. The van der Waals surface area contributed by atoms with Gasteiger partial charge in [-0.05, 0) is 30.7 Å². The molecule has 0 aliphatic carbocycles. The quantitative estimate of drug-likeness (QED) is 0.651. The molecule has 0 N–H and O–H groups in total. The van der Waals surface area contributed by atoms with Crippen LogP contribution in [0.25, 0.3) is 11.3 Å². The molecule has 5 nitrogen and oxygen atoms in total. The Balaban J connectivity index is 1.52. The molecule has 1 saturated heterocycles. The lowest BCUT2D eigenvalue weighted by Crippen LogP contribution is -2.38. The van der Waals surface area contributed by atoms with Gasteiger partial charge >= 0.3 is 0 Å². The number of aryl methyl sites for hydroxylation is 1. The van der Waals surface area contributed by atoms with E-state index in [9.17, 15) is 4.39 Å². The minimum atomic E-state index is -0.309. The Morgan fingerprint density at radius 2 is 2.07 bits per heavy atom. The van der Waals surface area contributed by atoms with Crippen LogP contribution in [0, 0.1) is 12.7 Å². The van der Waals surface area contributed by atoms with Crippen molar-refractivity contribution in [1.29, 1.82) is 0 Å². The van der Waals surface area contributed by atoms with Gasteiger partial charge in [0.25, 0.3) is 0 Å². The monoisotopic (exact) mass is 393 g/mol. The number of aromatic nitrogens is 2. The third-order valence-corrected chi connectivity index (χ3v) is 5.12. The van der Waals surface area contributed by atoms with Crippen LogP contribution in [-0.4, -0.2) is 41.7 Å². The number of benzene rings is 2. The first kappa shape index (κ1) is 19.5. The van der Waals surface area contributed by atoms with Crippen LogP contribution in [0.2, 0.25) is 0 Å². The molecule has 2 aromatic carbocycles. The van der Waals surface area contributed by atoms with Crippen LogP contribution in [0.3, 0.4) is 0 Å². The van der Waals surface area contributed by atoms with E-state index in [1.165, 1.54) is 11.6 Å². The van der Waals surface area contributed by atoms with Crippen molar-refractivity contribution in [2.75, 3.05) is 26.8 Å². The van der Waals surface area contributed by atoms with Gasteiger partial charge in [-0.2, -0.15) is 0 Å². The van der Waals surface area contributed by atoms with Crippen molar-refractivity contribution in [1.82, 2.24) is 14.9 Å². The molecule has 0 saturated carbocycles. The lowest BCUT2D eigenvalue weighted by atomic mass is 10.1. The molecule has 0 amide bonds. The van der Waals surface area contributed by atoms with Crippen LogP contribution in [-0.2, 0) is 11.3 Å². The minimum absolute atomic E-state index is 0.209. The molecule has 1 aliphatic rings. The van der Waals surface area contributed by atoms with Gasteiger partial charge < -0.3 is 9.47 Å². The first-order valence-electron chi connectivity index (χ1n) is 9.68. The first-order valence-corrected chi connectivity index (χ1v) is 9.68. The Morgan fingerprint density at radius 3 is 2.90 bits per heavy atom. The molecule has 4 rings (SSSR count). The summed E-state index contributed by atoms with van der Waals surface area (Å²) in [6, 6.07) is 12.9. The van der Waals surface area contributed by atoms with Crippen molar-refractivity contribution in [2.45, 2.75) is 19.6 Å². The molecule has 0 spiro atoms. The molecule has 1 aliphatic heterocycles. The zero-order chi connectivity index (χ0) is 20.2. The van der Waals surface area contributed by atoms with Crippen molar-refractivity contribution in [3.63, 3.8) is 0 Å². The summed E-state index contributed by atoms with van der Waals surface area (Å²) < 4.78 is 25.6. The molecule has 150 valence electrons. The SMILES string of the molecule is COc1cc(C)ccc1CN1CCOC(c2cncc(-c3ccccc3F)n2)C1. The molecule has 1 atom stereocenters. The normalized spacial score (nSPS) is 17.3. The van der Waals surface area contributed by atoms with E-state index in [4.69, 9.17) is 9.47 Å². The van der Waals surface area contributed by atoms with Crippen molar-refractivity contribution in [3.8, 4) is 17.0 Å². The summed E-state index contributed by atoms with van der Waals surface area (Å²) in [5.41, 5.74) is 3.99. The Kier molecular flexibility index (Phi) is 5.83. The van der Waals surface area contributed by atoms with E-state index >= 15 is 0 Å². The Bertz CT molecular complexity index is 995. The standard InChI is InChI=1S/C23H24FN3O2/c1-16-7-8-17(22(11-16)28-2)14-27-9-10-29-23(15-27)21-13-25-12-20(26-21)18-5-3-4-6-19(18)24/h3-8,11-13,23H,9-10,14-15H2,1-2H3. The Morgan fingerprint density at radius 1 is 1.21 bits per heavy atom. The average Bonchev–Trinajstić information content (AvgIpc) is 2.75. The number of nitrogens with zero attached hydrogens (tertiary/aromatic N) is 3. The topological polar surface area (TPSA) is 47.5 Å². The van der Waals surface area contributed by atoms with Crippen LogP contribution >= 0.6 is 0 Å². The highest BCUT2D eigenvalue weighted by Crippen LogP contribution is 2.27. The van der Waals surface area contributed by atoms with Gasteiger partial charge in [0.2, 0.25) is 0 Å². The smallest absolute Gasteiger partial charge is 0.132 e. The number of rotatable bonds is 5. The molecule has 2 heterocycles. The molecule has 1 aromatic heterocycles. The van der Waals surface area contributed by atoms with Gasteiger partial charge in [-0.15, -0.1) is 0 Å². The van der Waals surface area contributed by atoms with Gasteiger partial charge in [0.1, 0.15) is 17.7 Å². The fourth-order valence-electron chi connectivity index (χ4n) is 3.58. The zero-order valence-electron chi connectivity index (χ0n) is 16.6. The first-order chi connectivity index (χ1) is 14.1. The third-order valence-electron chi connectivity index (χ3n) is 5.12. The molecule has 1 unspecified atom stereocenters. The highest BCUT2D eigenvalue weighted by molar-refractivity contribution is 5.58. The highest BCUT2D eigenvalue weighted by atomic mass is 19.1. The molecule has 29 heavy (non-hydrogen) atoms. The van der Waals surface area contributed by atoms with Gasteiger partial charge in [-0.25, -0.2) is 9.37 Å². The lowest BCUT2D eigenvalue weighted by Gasteiger charge is -2.33. The molecule has 1 fully saturated rings. The molecule has 0 radical (unpaired) electrons. The second kappa shape index (κ2) is 8.68. The number of morpholine rings is 1. The fourth-order valence-corrected chi connectivity index (χ4v) is 3.58. The number of ether oxygens (including phenoxy) is 2. The average molecular weight is 393 g/mol. The van der Waals surface area contributed by atoms with Gasteiger partial charge in [-0.3, -0.25) is 9.88 Å². The van der Waals surface area contributed by atoms with E-state index in [1.54, 1.807) is 37.7 Å². The van der Waals surface area contributed by atoms with Crippen molar-refractivity contribution >= 4 is 0 Å².